The van der Waals surface area contributed by atoms with Crippen molar-refractivity contribution in [3.05, 3.63) is 29.8 Å². The van der Waals surface area contributed by atoms with E-state index in [1.807, 2.05) is 12.1 Å². The third kappa shape index (κ3) is 1.52. The normalized spacial score (nSPS) is 27.4. The standard InChI is InChI=1S/C13H16N2O/c1-9(16)10-2-4-12(5-3-10)15-8-11-6-13(15)7-14-11/h2-5,11,13-14H,6-8H2,1H3. The Balaban J connectivity index is 1.82. The number of hydrogen-bond donors (Lipinski definition) is 1. The molecule has 2 heterocycles. The Morgan fingerprint density at radius 2 is 2.12 bits per heavy atom. The number of carbonyl (C=O) groups excluding carboxylic acids is 1. The zero-order valence-corrected chi connectivity index (χ0v) is 9.44. The van der Waals surface area contributed by atoms with Crippen LogP contribution >= 0.6 is 0 Å². The topological polar surface area (TPSA) is 32.3 Å². The van der Waals surface area contributed by atoms with Gasteiger partial charge in [0.05, 0.1) is 0 Å². The van der Waals surface area contributed by atoms with Crippen LogP contribution in [0.4, 0.5) is 5.69 Å². The Morgan fingerprint density at radius 1 is 1.38 bits per heavy atom. The molecule has 1 N–H and O–H groups in total. The number of Topliss-reactive ketones (excluding diaryl/α,β-unsaturated/α-hetero) is 1. The summed E-state index contributed by atoms with van der Waals surface area (Å²) in [5.41, 5.74) is 2.05. The SMILES string of the molecule is CC(=O)c1ccc(N2CC3CC2CN3)cc1. The first kappa shape index (κ1) is 9.85. The van der Waals surface area contributed by atoms with E-state index in [2.05, 4.69) is 22.3 Å². The monoisotopic (exact) mass is 216 g/mol. The molecular formula is C13H16N2O. The smallest absolute Gasteiger partial charge is 0.159 e. The molecule has 3 nitrogen and oxygen atoms in total. The molecular weight excluding hydrogens is 200 g/mol. The fraction of sp³-hybridized carbons (Fsp3) is 0.462. The minimum absolute atomic E-state index is 0.135. The predicted octanol–water partition coefficient (Wildman–Crippen LogP) is 1.44. The van der Waals surface area contributed by atoms with E-state index in [-0.39, 0.29) is 5.78 Å². The number of anilines is 1. The highest BCUT2D eigenvalue weighted by Crippen LogP contribution is 2.29. The van der Waals surface area contributed by atoms with Crippen LogP contribution in [0.5, 0.6) is 0 Å². The van der Waals surface area contributed by atoms with Crippen LogP contribution in [-0.4, -0.2) is 31.0 Å². The third-order valence-corrected chi connectivity index (χ3v) is 3.66. The van der Waals surface area contributed by atoms with Crippen LogP contribution in [0.3, 0.4) is 0 Å². The van der Waals surface area contributed by atoms with Gasteiger partial charge >= 0.3 is 0 Å². The second-order valence-corrected chi connectivity index (χ2v) is 4.75. The zero-order valence-electron chi connectivity index (χ0n) is 9.44. The molecule has 3 heteroatoms. The average molecular weight is 216 g/mol. The molecule has 2 fully saturated rings. The number of nitrogens with zero attached hydrogens (tertiary/aromatic N) is 1. The maximum atomic E-state index is 11.2. The van der Waals surface area contributed by atoms with Gasteiger partial charge in [-0.2, -0.15) is 0 Å². The number of hydrogen-bond acceptors (Lipinski definition) is 3. The molecule has 2 saturated heterocycles. The first-order chi connectivity index (χ1) is 7.74. The summed E-state index contributed by atoms with van der Waals surface area (Å²) < 4.78 is 0. The van der Waals surface area contributed by atoms with Gasteiger partial charge in [-0.25, -0.2) is 0 Å². The Hall–Kier alpha value is -1.35. The van der Waals surface area contributed by atoms with E-state index < -0.39 is 0 Å². The van der Waals surface area contributed by atoms with Gasteiger partial charge in [-0.1, -0.05) is 0 Å². The van der Waals surface area contributed by atoms with E-state index in [4.69, 9.17) is 0 Å². The highest BCUT2D eigenvalue weighted by Gasteiger charge is 2.37. The first-order valence-electron chi connectivity index (χ1n) is 5.85. The van der Waals surface area contributed by atoms with Crippen molar-refractivity contribution in [2.75, 3.05) is 18.0 Å². The molecule has 2 unspecified atom stereocenters. The second kappa shape index (κ2) is 3.59. The third-order valence-electron chi connectivity index (χ3n) is 3.66. The van der Waals surface area contributed by atoms with E-state index in [1.54, 1.807) is 6.92 Å². The van der Waals surface area contributed by atoms with Crippen molar-refractivity contribution in [1.29, 1.82) is 0 Å². The fourth-order valence-corrected chi connectivity index (χ4v) is 2.76. The average Bonchev–Trinajstić information content (AvgIpc) is 2.91. The summed E-state index contributed by atoms with van der Waals surface area (Å²) in [5, 5.41) is 3.49. The van der Waals surface area contributed by atoms with Gasteiger partial charge in [-0.05, 0) is 37.6 Å². The Morgan fingerprint density at radius 3 is 2.62 bits per heavy atom. The van der Waals surface area contributed by atoms with E-state index in [9.17, 15) is 4.79 Å². The van der Waals surface area contributed by atoms with Gasteiger partial charge in [-0.15, -0.1) is 0 Å². The lowest BCUT2D eigenvalue weighted by Gasteiger charge is -2.29. The molecule has 1 aromatic carbocycles. The number of rotatable bonds is 2. The van der Waals surface area contributed by atoms with Crippen molar-refractivity contribution in [2.24, 2.45) is 0 Å². The summed E-state index contributed by atoms with van der Waals surface area (Å²) in [4.78, 5) is 13.6. The fourth-order valence-electron chi connectivity index (χ4n) is 2.76. The zero-order chi connectivity index (χ0) is 11.1. The van der Waals surface area contributed by atoms with Crippen molar-refractivity contribution in [3.8, 4) is 0 Å². The Bertz CT molecular complexity index is 412. The summed E-state index contributed by atoms with van der Waals surface area (Å²) in [6, 6.07) is 9.30. The van der Waals surface area contributed by atoms with Crippen LogP contribution < -0.4 is 10.2 Å². The van der Waals surface area contributed by atoms with Crippen molar-refractivity contribution in [2.45, 2.75) is 25.4 Å². The lowest BCUT2D eigenvalue weighted by Crippen LogP contribution is -2.43. The second-order valence-electron chi connectivity index (χ2n) is 4.75. The van der Waals surface area contributed by atoms with Crippen molar-refractivity contribution in [1.82, 2.24) is 5.32 Å². The summed E-state index contributed by atoms with van der Waals surface area (Å²) >= 11 is 0. The van der Waals surface area contributed by atoms with Gasteiger partial charge < -0.3 is 10.2 Å². The minimum Gasteiger partial charge on any atom is -0.366 e. The number of ketones is 1. The van der Waals surface area contributed by atoms with Crippen molar-refractivity contribution < 1.29 is 4.79 Å². The van der Waals surface area contributed by atoms with Gasteiger partial charge in [0.2, 0.25) is 0 Å². The molecule has 2 aliphatic heterocycles. The molecule has 0 aliphatic carbocycles. The van der Waals surface area contributed by atoms with Crippen LogP contribution in [0.25, 0.3) is 0 Å². The first-order valence-corrected chi connectivity index (χ1v) is 5.85. The molecule has 3 rings (SSSR count). The molecule has 2 bridgehead atoms. The molecule has 2 atom stereocenters. The number of piperazine rings is 1. The lowest BCUT2D eigenvalue weighted by atomic mass is 10.1. The van der Waals surface area contributed by atoms with E-state index in [0.29, 0.717) is 12.1 Å². The lowest BCUT2D eigenvalue weighted by molar-refractivity contribution is 0.101. The van der Waals surface area contributed by atoms with Crippen LogP contribution in [0.1, 0.15) is 23.7 Å². The molecule has 1 aromatic rings. The van der Waals surface area contributed by atoms with E-state index >= 15 is 0 Å². The summed E-state index contributed by atoms with van der Waals surface area (Å²) in [5.74, 6) is 0.135. The van der Waals surface area contributed by atoms with Crippen molar-refractivity contribution in [3.63, 3.8) is 0 Å². The maximum Gasteiger partial charge on any atom is 0.159 e. The summed E-state index contributed by atoms with van der Waals surface area (Å²) in [6.45, 7) is 3.81. The van der Waals surface area contributed by atoms with Crippen LogP contribution in [-0.2, 0) is 0 Å². The van der Waals surface area contributed by atoms with E-state index in [1.165, 1.54) is 12.1 Å². The predicted molar refractivity (Wildman–Crippen MR) is 64.0 cm³/mol. The highest BCUT2D eigenvalue weighted by molar-refractivity contribution is 5.94. The van der Waals surface area contributed by atoms with Crippen molar-refractivity contribution >= 4 is 11.5 Å². The number of nitrogens with one attached hydrogen (secondary N) is 1. The van der Waals surface area contributed by atoms with Gasteiger partial charge in [-0.3, -0.25) is 4.79 Å². The quantitative estimate of drug-likeness (QED) is 0.759. The maximum absolute atomic E-state index is 11.2. The molecule has 0 saturated carbocycles. The van der Waals surface area contributed by atoms with Gasteiger partial charge in [0.1, 0.15) is 0 Å². The Labute approximate surface area is 95.4 Å². The molecule has 16 heavy (non-hydrogen) atoms. The Kier molecular flexibility index (Phi) is 2.21. The number of fused-ring (bicyclic) bond motifs is 2. The number of benzene rings is 1. The molecule has 0 aromatic heterocycles. The van der Waals surface area contributed by atoms with Crippen LogP contribution in [0, 0.1) is 0 Å². The molecule has 0 spiro atoms. The molecule has 84 valence electrons. The minimum atomic E-state index is 0.135. The highest BCUT2D eigenvalue weighted by atomic mass is 16.1. The van der Waals surface area contributed by atoms with E-state index in [0.717, 1.165) is 18.7 Å². The van der Waals surface area contributed by atoms with Crippen LogP contribution in [0.15, 0.2) is 24.3 Å². The summed E-state index contributed by atoms with van der Waals surface area (Å²) in [7, 11) is 0. The van der Waals surface area contributed by atoms with Crippen LogP contribution in [0.2, 0.25) is 0 Å². The molecule has 0 radical (unpaired) electrons. The largest absolute Gasteiger partial charge is 0.366 e. The molecule has 0 amide bonds. The van der Waals surface area contributed by atoms with Gasteiger partial charge in [0.25, 0.3) is 0 Å². The number of carbonyl (C=O) groups is 1. The molecule has 2 aliphatic rings. The summed E-state index contributed by atoms with van der Waals surface area (Å²) in [6.07, 6.45) is 1.26. The van der Waals surface area contributed by atoms with Gasteiger partial charge in [0, 0.05) is 36.4 Å². The van der Waals surface area contributed by atoms with Gasteiger partial charge in [0.15, 0.2) is 5.78 Å².